The summed E-state index contributed by atoms with van der Waals surface area (Å²) in [7, 11) is 0. The average molecular weight is 414 g/mol. The number of nitrogens with one attached hydrogen (secondary N) is 1. The Balaban J connectivity index is 2.16. The zero-order chi connectivity index (χ0) is 21.2. The number of carbonyl (C=O) groups is 2. The molecule has 0 amide bonds. The molecule has 1 rings (SSSR count). The Bertz CT molecular complexity index is 395. The third kappa shape index (κ3) is 16.4. The lowest BCUT2D eigenvalue weighted by molar-refractivity contribution is -0.138. The van der Waals surface area contributed by atoms with Crippen LogP contribution in [0.25, 0.3) is 0 Å². The first-order valence-electron chi connectivity index (χ1n) is 11.8. The number of carboxylic acids is 2. The highest BCUT2D eigenvalue weighted by atomic mass is 16.5. The van der Waals surface area contributed by atoms with Gasteiger partial charge in [-0.2, -0.15) is 0 Å². The molecule has 3 N–H and O–H groups in total. The van der Waals surface area contributed by atoms with Crippen molar-refractivity contribution in [3.05, 3.63) is 0 Å². The van der Waals surface area contributed by atoms with Crippen molar-refractivity contribution in [1.82, 2.24) is 5.32 Å². The van der Waals surface area contributed by atoms with E-state index >= 15 is 0 Å². The highest BCUT2D eigenvalue weighted by molar-refractivity contribution is 5.66. The van der Waals surface area contributed by atoms with Crippen molar-refractivity contribution in [1.29, 1.82) is 0 Å². The monoisotopic (exact) mass is 413 g/mol. The second-order valence-corrected chi connectivity index (χ2v) is 8.56. The van der Waals surface area contributed by atoms with Crippen molar-refractivity contribution < 1.29 is 24.5 Å². The zero-order valence-electron chi connectivity index (χ0n) is 18.2. The van der Waals surface area contributed by atoms with E-state index in [1.54, 1.807) is 0 Å². The lowest BCUT2D eigenvalue weighted by atomic mass is 9.97. The maximum atomic E-state index is 10.6. The number of unbranched alkanes of at least 4 members (excludes halogenated alkanes) is 8. The lowest BCUT2D eigenvalue weighted by Gasteiger charge is -2.26. The Hall–Kier alpha value is -1.14. The molecule has 1 heterocycles. The van der Waals surface area contributed by atoms with Crippen LogP contribution in [0.5, 0.6) is 0 Å². The van der Waals surface area contributed by atoms with Crippen molar-refractivity contribution >= 4 is 11.9 Å². The summed E-state index contributed by atoms with van der Waals surface area (Å²) in [6, 6.07) is 0.566. The van der Waals surface area contributed by atoms with E-state index in [1.165, 1.54) is 38.5 Å². The Labute approximate surface area is 176 Å². The smallest absolute Gasteiger partial charge is 0.303 e. The molecule has 0 unspecified atom stereocenters. The van der Waals surface area contributed by atoms with Crippen molar-refractivity contribution in [3.63, 3.8) is 0 Å². The van der Waals surface area contributed by atoms with Crippen molar-refractivity contribution in [2.24, 2.45) is 5.92 Å². The molecule has 29 heavy (non-hydrogen) atoms. The minimum absolute atomic E-state index is 0.293. The van der Waals surface area contributed by atoms with E-state index in [9.17, 15) is 9.59 Å². The van der Waals surface area contributed by atoms with Gasteiger partial charge in [0.25, 0.3) is 0 Å². The van der Waals surface area contributed by atoms with E-state index in [0.29, 0.717) is 18.9 Å². The number of hydrogen-bond acceptors (Lipinski definition) is 4. The molecule has 1 fully saturated rings. The predicted octanol–water partition coefficient (Wildman–Crippen LogP) is 5.00. The summed E-state index contributed by atoms with van der Waals surface area (Å²) in [5, 5.41) is 21.2. The van der Waals surface area contributed by atoms with E-state index in [0.717, 1.165) is 77.0 Å². The molecule has 0 bridgehead atoms. The van der Waals surface area contributed by atoms with Crippen LogP contribution in [-0.2, 0) is 14.3 Å². The topological polar surface area (TPSA) is 95.9 Å². The summed E-state index contributed by atoms with van der Waals surface area (Å²) in [5.41, 5.74) is 0. The Morgan fingerprint density at radius 2 is 1.21 bits per heavy atom. The largest absolute Gasteiger partial charge is 0.481 e. The Morgan fingerprint density at radius 3 is 1.69 bits per heavy atom. The van der Waals surface area contributed by atoms with Crippen LogP contribution in [0.2, 0.25) is 0 Å². The molecule has 170 valence electrons. The van der Waals surface area contributed by atoms with Crippen molar-refractivity contribution in [3.8, 4) is 0 Å². The molecule has 1 saturated heterocycles. The van der Waals surface area contributed by atoms with Crippen LogP contribution in [0.15, 0.2) is 0 Å². The highest BCUT2D eigenvalue weighted by Gasteiger charge is 2.16. The number of rotatable bonds is 19. The van der Waals surface area contributed by atoms with Gasteiger partial charge in [0.15, 0.2) is 0 Å². The first-order chi connectivity index (χ1) is 14.1. The molecule has 1 aliphatic heterocycles. The van der Waals surface area contributed by atoms with Gasteiger partial charge in [-0.3, -0.25) is 9.59 Å². The standard InChI is InChI=1S/C23H43NO5/c25-22(26)13-9-5-1-3-7-11-21(24-19-20-15-17-29-18-16-20)12-8-4-2-6-10-14-23(27)28/h20-21,24H,1-19H2,(H,25,26)(H,27,28). The molecule has 0 spiro atoms. The third-order valence-corrected chi connectivity index (χ3v) is 5.92. The SMILES string of the molecule is O=C(O)CCCCCCCC(CCCCCCCC(=O)O)NCC1CCOCC1. The van der Waals surface area contributed by atoms with Gasteiger partial charge in [0, 0.05) is 32.1 Å². The number of hydrogen-bond donors (Lipinski definition) is 3. The second kappa shape index (κ2) is 17.7. The van der Waals surface area contributed by atoms with Gasteiger partial charge in [-0.05, 0) is 51.0 Å². The van der Waals surface area contributed by atoms with Gasteiger partial charge in [-0.1, -0.05) is 51.4 Å². The predicted molar refractivity (Wildman–Crippen MR) is 115 cm³/mol. The summed E-state index contributed by atoms with van der Waals surface area (Å²) in [6.45, 7) is 2.87. The van der Waals surface area contributed by atoms with Crippen LogP contribution in [-0.4, -0.2) is 48.0 Å². The lowest BCUT2D eigenvalue weighted by Crippen LogP contribution is -2.35. The van der Waals surface area contributed by atoms with Gasteiger partial charge < -0.3 is 20.3 Å². The normalized spacial score (nSPS) is 15.1. The molecule has 0 radical (unpaired) electrons. The highest BCUT2D eigenvalue weighted by Crippen LogP contribution is 2.17. The van der Waals surface area contributed by atoms with Crippen LogP contribution >= 0.6 is 0 Å². The van der Waals surface area contributed by atoms with Gasteiger partial charge in [-0.25, -0.2) is 0 Å². The summed E-state index contributed by atoms with van der Waals surface area (Å²) in [6.07, 6.45) is 16.0. The summed E-state index contributed by atoms with van der Waals surface area (Å²) in [5.74, 6) is -0.644. The molecular formula is C23H43NO5. The zero-order valence-corrected chi connectivity index (χ0v) is 18.2. The van der Waals surface area contributed by atoms with Crippen LogP contribution in [0.4, 0.5) is 0 Å². The first-order valence-corrected chi connectivity index (χ1v) is 11.8. The quantitative estimate of drug-likeness (QED) is 0.258. The van der Waals surface area contributed by atoms with Gasteiger partial charge in [0.1, 0.15) is 0 Å². The van der Waals surface area contributed by atoms with E-state index in [-0.39, 0.29) is 0 Å². The summed E-state index contributed by atoms with van der Waals surface area (Å²) >= 11 is 0. The number of ether oxygens (including phenoxy) is 1. The average Bonchev–Trinajstić information content (AvgIpc) is 2.70. The first kappa shape index (κ1) is 25.9. The molecule has 6 nitrogen and oxygen atoms in total. The maximum absolute atomic E-state index is 10.6. The molecule has 0 aliphatic carbocycles. The van der Waals surface area contributed by atoms with E-state index in [4.69, 9.17) is 14.9 Å². The molecule has 6 heteroatoms. The molecule has 0 atom stereocenters. The fourth-order valence-corrected chi connectivity index (χ4v) is 4.03. The molecule has 0 aromatic carbocycles. The van der Waals surface area contributed by atoms with E-state index < -0.39 is 11.9 Å². The number of carboxylic acid groups (broad SMARTS) is 2. The van der Waals surface area contributed by atoms with E-state index in [1.807, 2.05) is 0 Å². The van der Waals surface area contributed by atoms with Gasteiger partial charge in [0.05, 0.1) is 0 Å². The van der Waals surface area contributed by atoms with Crippen molar-refractivity contribution in [2.75, 3.05) is 19.8 Å². The number of aliphatic carboxylic acids is 2. The van der Waals surface area contributed by atoms with Crippen LogP contribution in [0, 0.1) is 5.92 Å². The minimum Gasteiger partial charge on any atom is -0.481 e. The maximum Gasteiger partial charge on any atom is 0.303 e. The van der Waals surface area contributed by atoms with Gasteiger partial charge >= 0.3 is 11.9 Å². The van der Waals surface area contributed by atoms with Crippen LogP contribution in [0.3, 0.4) is 0 Å². The summed E-state index contributed by atoms with van der Waals surface area (Å²) in [4.78, 5) is 21.1. The fourth-order valence-electron chi connectivity index (χ4n) is 4.03. The molecule has 0 aromatic rings. The Morgan fingerprint density at radius 1 is 0.759 bits per heavy atom. The van der Waals surface area contributed by atoms with Gasteiger partial charge in [-0.15, -0.1) is 0 Å². The van der Waals surface area contributed by atoms with Crippen LogP contribution in [0.1, 0.15) is 103 Å². The second-order valence-electron chi connectivity index (χ2n) is 8.56. The molecule has 1 aliphatic rings. The molecular weight excluding hydrogens is 370 g/mol. The minimum atomic E-state index is -0.690. The van der Waals surface area contributed by atoms with Gasteiger partial charge in [0.2, 0.25) is 0 Å². The van der Waals surface area contributed by atoms with Crippen molar-refractivity contribution in [2.45, 2.75) is 109 Å². The Kier molecular flexibility index (Phi) is 15.8. The van der Waals surface area contributed by atoms with E-state index in [2.05, 4.69) is 5.32 Å². The fraction of sp³-hybridized carbons (Fsp3) is 0.913. The summed E-state index contributed by atoms with van der Waals surface area (Å²) < 4.78 is 5.46. The molecule has 0 saturated carbocycles. The third-order valence-electron chi connectivity index (χ3n) is 5.92. The molecule has 0 aromatic heterocycles. The van der Waals surface area contributed by atoms with Crippen LogP contribution < -0.4 is 5.32 Å².